The normalized spacial score (nSPS) is 10.1. The van der Waals surface area contributed by atoms with Gasteiger partial charge in [-0.2, -0.15) is 0 Å². The Labute approximate surface area is 93.9 Å². The summed E-state index contributed by atoms with van der Waals surface area (Å²) < 4.78 is 13.3. The van der Waals surface area contributed by atoms with Crippen LogP contribution in [0.25, 0.3) is 0 Å². The number of benzene rings is 2. The Hall–Kier alpha value is -2.03. The number of rotatable bonds is 3. The fourth-order valence-corrected chi connectivity index (χ4v) is 1.43. The predicted molar refractivity (Wildman–Crippen MR) is 63.4 cm³/mol. The molecule has 3 heteroatoms. The van der Waals surface area contributed by atoms with Crippen LogP contribution < -0.4 is 11.1 Å². The number of halogens is 1. The highest BCUT2D eigenvalue weighted by molar-refractivity contribution is 5.65. The van der Waals surface area contributed by atoms with Crippen LogP contribution in [0.1, 0.15) is 5.56 Å². The molecule has 0 spiro atoms. The van der Waals surface area contributed by atoms with Gasteiger partial charge in [0.05, 0.1) is 11.4 Å². The molecule has 0 bridgehead atoms. The standard InChI is InChI=1S/C13H12FN2/c14-11-6-2-1-5-10(11)9-16-13-8-4-3-7-12(13)15/h1-4,6-8,16H,9,15H2. The second-order valence-corrected chi connectivity index (χ2v) is 3.44. The molecule has 0 aliphatic rings. The van der Waals surface area contributed by atoms with Crippen molar-refractivity contribution in [1.82, 2.24) is 0 Å². The minimum absolute atomic E-state index is 0.260. The zero-order chi connectivity index (χ0) is 11.4. The largest absolute Gasteiger partial charge is 0.397 e. The van der Waals surface area contributed by atoms with E-state index in [0.717, 1.165) is 5.69 Å². The van der Waals surface area contributed by atoms with E-state index in [0.29, 0.717) is 17.8 Å². The Bertz CT molecular complexity index is 437. The van der Waals surface area contributed by atoms with Crippen molar-refractivity contribution in [2.75, 3.05) is 11.1 Å². The van der Waals surface area contributed by atoms with Gasteiger partial charge in [-0.25, -0.2) is 4.39 Å². The third kappa shape index (κ3) is 2.31. The van der Waals surface area contributed by atoms with E-state index in [1.54, 1.807) is 18.2 Å². The summed E-state index contributed by atoms with van der Waals surface area (Å²) in [4.78, 5) is 0. The van der Waals surface area contributed by atoms with E-state index < -0.39 is 0 Å². The summed E-state index contributed by atoms with van der Waals surface area (Å²) in [5.41, 5.74) is 7.72. The van der Waals surface area contributed by atoms with Crippen LogP contribution in [0, 0.1) is 11.9 Å². The Morgan fingerprint density at radius 1 is 1.19 bits per heavy atom. The smallest absolute Gasteiger partial charge is 0.128 e. The van der Waals surface area contributed by atoms with Crippen molar-refractivity contribution in [3.05, 3.63) is 59.9 Å². The van der Waals surface area contributed by atoms with E-state index in [1.807, 2.05) is 18.2 Å². The first-order chi connectivity index (χ1) is 7.77. The monoisotopic (exact) mass is 215 g/mol. The van der Waals surface area contributed by atoms with Gasteiger partial charge in [0.1, 0.15) is 5.82 Å². The SMILES string of the molecule is Nc1ccccc1NCc1[c]cccc1F. The molecule has 0 heterocycles. The van der Waals surface area contributed by atoms with Gasteiger partial charge in [-0.05, 0) is 24.3 Å². The van der Waals surface area contributed by atoms with E-state index in [2.05, 4.69) is 11.4 Å². The number of anilines is 2. The summed E-state index contributed by atoms with van der Waals surface area (Å²) in [7, 11) is 0. The van der Waals surface area contributed by atoms with Gasteiger partial charge in [0.25, 0.3) is 0 Å². The van der Waals surface area contributed by atoms with Crippen molar-refractivity contribution in [2.45, 2.75) is 6.54 Å². The molecular weight excluding hydrogens is 203 g/mol. The Morgan fingerprint density at radius 2 is 2.00 bits per heavy atom. The van der Waals surface area contributed by atoms with Gasteiger partial charge in [-0.15, -0.1) is 0 Å². The molecule has 0 aromatic heterocycles. The van der Waals surface area contributed by atoms with Crippen LogP contribution in [-0.2, 0) is 6.54 Å². The summed E-state index contributed by atoms with van der Waals surface area (Å²) in [5.74, 6) is -0.260. The highest BCUT2D eigenvalue weighted by Gasteiger charge is 2.01. The third-order valence-electron chi connectivity index (χ3n) is 2.30. The molecule has 2 nitrogen and oxygen atoms in total. The zero-order valence-electron chi connectivity index (χ0n) is 8.70. The number of nitrogens with two attached hydrogens (primary N) is 1. The Balaban J connectivity index is 2.09. The van der Waals surface area contributed by atoms with Crippen LogP contribution in [0.4, 0.5) is 15.8 Å². The van der Waals surface area contributed by atoms with Gasteiger partial charge in [-0.3, -0.25) is 0 Å². The van der Waals surface area contributed by atoms with E-state index in [-0.39, 0.29) is 5.82 Å². The average molecular weight is 215 g/mol. The lowest BCUT2D eigenvalue weighted by molar-refractivity contribution is 0.612. The maximum atomic E-state index is 13.3. The first kappa shape index (κ1) is 10.5. The lowest BCUT2D eigenvalue weighted by atomic mass is 10.2. The van der Waals surface area contributed by atoms with E-state index in [1.165, 1.54) is 6.07 Å². The average Bonchev–Trinajstić information content (AvgIpc) is 2.30. The van der Waals surface area contributed by atoms with E-state index >= 15 is 0 Å². The van der Waals surface area contributed by atoms with Crippen LogP contribution in [0.3, 0.4) is 0 Å². The van der Waals surface area contributed by atoms with Crippen molar-refractivity contribution in [1.29, 1.82) is 0 Å². The molecule has 1 radical (unpaired) electrons. The predicted octanol–water partition coefficient (Wildman–Crippen LogP) is 2.82. The van der Waals surface area contributed by atoms with Gasteiger partial charge < -0.3 is 11.1 Å². The third-order valence-corrected chi connectivity index (χ3v) is 2.30. The van der Waals surface area contributed by atoms with Crippen LogP contribution in [-0.4, -0.2) is 0 Å². The molecule has 0 aliphatic heterocycles. The van der Waals surface area contributed by atoms with E-state index in [9.17, 15) is 4.39 Å². The lowest BCUT2D eigenvalue weighted by Gasteiger charge is -2.09. The van der Waals surface area contributed by atoms with Crippen molar-refractivity contribution >= 4 is 11.4 Å². The number of nitrogens with one attached hydrogen (secondary N) is 1. The molecule has 0 unspecified atom stereocenters. The first-order valence-electron chi connectivity index (χ1n) is 5.01. The summed E-state index contributed by atoms with van der Waals surface area (Å²) in [6, 6.07) is 15.0. The minimum Gasteiger partial charge on any atom is -0.397 e. The molecule has 2 aromatic carbocycles. The maximum absolute atomic E-state index is 13.3. The van der Waals surface area contributed by atoms with Crippen LogP contribution in [0.15, 0.2) is 42.5 Å². The summed E-state index contributed by atoms with van der Waals surface area (Å²) in [6.45, 7) is 0.376. The second kappa shape index (κ2) is 4.66. The van der Waals surface area contributed by atoms with Crippen molar-refractivity contribution in [3.63, 3.8) is 0 Å². The molecule has 0 atom stereocenters. The lowest BCUT2D eigenvalue weighted by Crippen LogP contribution is -2.03. The van der Waals surface area contributed by atoms with Crippen molar-refractivity contribution in [2.24, 2.45) is 0 Å². The molecule has 0 saturated heterocycles. The first-order valence-corrected chi connectivity index (χ1v) is 5.01. The number of hydrogen-bond donors (Lipinski definition) is 2. The molecule has 0 fully saturated rings. The molecular formula is C13H12FN2. The van der Waals surface area contributed by atoms with Crippen molar-refractivity contribution < 1.29 is 4.39 Å². The number of hydrogen-bond acceptors (Lipinski definition) is 2. The van der Waals surface area contributed by atoms with Crippen LogP contribution in [0.2, 0.25) is 0 Å². The summed E-state index contributed by atoms with van der Waals surface area (Å²) >= 11 is 0. The molecule has 2 rings (SSSR count). The Kier molecular flexibility index (Phi) is 3.05. The molecule has 81 valence electrons. The number of nitrogen functional groups attached to an aromatic ring is 1. The van der Waals surface area contributed by atoms with Crippen molar-refractivity contribution in [3.8, 4) is 0 Å². The van der Waals surface area contributed by atoms with Gasteiger partial charge in [0.15, 0.2) is 0 Å². The minimum atomic E-state index is -0.260. The summed E-state index contributed by atoms with van der Waals surface area (Å²) in [5, 5.41) is 3.07. The van der Waals surface area contributed by atoms with Crippen LogP contribution >= 0.6 is 0 Å². The molecule has 0 amide bonds. The summed E-state index contributed by atoms with van der Waals surface area (Å²) in [6.07, 6.45) is 0. The Morgan fingerprint density at radius 3 is 2.75 bits per heavy atom. The molecule has 0 aliphatic carbocycles. The maximum Gasteiger partial charge on any atom is 0.128 e. The highest BCUT2D eigenvalue weighted by Crippen LogP contribution is 2.18. The second-order valence-electron chi connectivity index (χ2n) is 3.44. The van der Waals surface area contributed by atoms with Gasteiger partial charge in [0.2, 0.25) is 0 Å². The molecule has 2 aromatic rings. The highest BCUT2D eigenvalue weighted by atomic mass is 19.1. The van der Waals surface area contributed by atoms with E-state index in [4.69, 9.17) is 5.73 Å². The van der Waals surface area contributed by atoms with Crippen LogP contribution in [0.5, 0.6) is 0 Å². The topological polar surface area (TPSA) is 38.0 Å². The number of para-hydroxylation sites is 2. The quantitative estimate of drug-likeness (QED) is 0.772. The molecule has 0 saturated carbocycles. The molecule has 16 heavy (non-hydrogen) atoms. The van der Waals surface area contributed by atoms with Gasteiger partial charge in [0, 0.05) is 12.1 Å². The van der Waals surface area contributed by atoms with Gasteiger partial charge >= 0.3 is 0 Å². The zero-order valence-corrected chi connectivity index (χ0v) is 8.70. The fraction of sp³-hybridized carbons (Fsp3) is 0.0769. The molecule has 3 N–H and O–H groups in total. The fourth-order valence-electron chi connectivity index (χ4n) is 1.43. The van der Waals surface area contributed by atoms with Gasteiger partial charge in [-0.1, -0.05) is 24.3 Å².